The SMILES string of the molecule is Cc1n[nH]c(C)c1S(=O)(=O)N1CCC(C(=O)NCc2ccc(F)cc2)CC1. The van der Waals surface area contributed by atoms with Gasteiger partial charge in [0, 0.05) is 25.6 Å². The largest absolute Gasteiger partial charge is 0.352 e. The highest BCUT2D eigenvalue weighted by atomic mass is 32.2. The van der Waals surface area contributed by atoms with Gasteiger partial charge in [-0.1, -0.05) is 12.1 Å². The summed E-state index contributed by atoms with van der Waals surface area (Å²) in [4.78, 5) is 12.6. The number of aromatic amines is 1. The Morgan fingerprint density at radius 1 is 1.26 bits per heavy atom. The van der Waals surface area contributed by atoms with Gasteiger partial charge in [0.25, 0.3) is 0 Å². The molecule has 146 valence electrons. The van der Waals surface area contributed by atoms with Gasteiger partial charge in [0.2, 0.25) is 15.9 Å². The quantitative estimate of drug-likeness (QED) is 0.810. The predicted molar refractivity (Wildman–Crippen MR) is 97.8 cm³/mol. The Balaban J connectivity index is 1.56. The van der Waals surface area contributed by atoms with E-state index in [-0.39, 0.29) is 22.5 Å². The van der Waals surface area contributed by atoms with E-state index in [1.807, 2.05) is 0 Å². The smallest absolute Gasteiger partial charge is 0.246 e. The molecule has 0 atom stereocenters. The number of rotatable bonds is 5. The van der Waals surface area contributed by atoms with Crippen LogP contribution in [0.25, 0.3) is 0 Å². The zero-order valence-corrected chi connectivity index (χ0v) is 16.1. The van der Waals surface area contributed by atoms with E-state index >= 15 is 0 Å². The summed E-state index contributed by atoms with van der Waals surface area (Å²) in [7, 11) is -3.62. The molecule has 0 radical (unpaired) electrons. The summed E-state index contributed by atoms with van der Waals surface area (Å²) in [5.41, 5.74) is 1.79. The Hall–Kier alpha value is -2.26. The van der Waals surface area contributed by atoms with Crippen LogP contribution >= 0.6 is 0 Å². The van der Waals surface area contributed by atoms with Crippen molar-refractivity contribution in [1.29, 1.82) is 0 Å². The molecular formula is C18H23FN4O3S. The third kappa shape index (κ3) is 4.19. The lowest BCUT2D eigenvalue weighted by molar-refractivity contribution is -0.126. The number of halogens is 1. The van der Waals surface area contributed by atoms with Gasteiger partial charge in [-0.15, -0.1) is 0 Å². The summed E-state index contributed by atoms with van der Waals surface area (Å²) in [5.74, 6) is -0.655. The van der Waals surface area contributed by atoms with E-state index in [0.717, 1.165) is 5.56 Å². The molecule has 3 rings (SSSR count). The summed E-state index contributed by atoms with van der Waals surface area (Å²) in [6.07, 6.45) is 0.925. The van der Waals surface area contributed by atoms with Gasteiger partial charge in [-0.2, -0.15) is 9.40 Å². The Kier molecular flexibility index (Phi) is 5.61. The molecule has 1 amide bonds. The predicted octanol–water partition coefficient (Wildman–Crippen LogP) is 1.88. The summed E-state index contributed by atoms with van der Waals surface area (Å²) in [6.45, 7) is 4.25. The Labute approximate surface area is 158 Å². The van der Waals surface area contributed by atoms with Gasteiger partial charge < -0.3 is 5.32 Å². The molecule has 1 aliphatic heterocycles. The lowest BCUT2D eigenvalue weighted by atomic mass is 9.97. The van der Waals surface area contributed by atoms with Crippen LogP contribution in [0.5, 0.6) is 0 Å². The van der Waals surface area contributed by atoms with E-state index in [0.29, 0.717) is 43.9 Å². The van der Waals surface area contributed by atoms with Crippen LogP contribution in [0.1, 0.15) is 29.8 Å². The van der Waals surface area contributed by atoms with Crippen molar-refractivity contribution in [3.05, 3.63) is 47.0 Å². The average Bonchev–Trinajstić information content (AvgIpc) is 3.00. The van der Waals surface area contributed by atoms with Crippen LogP contribution in [0.15, 0.2) is 29.2 Å². The zero-order valence-electron chi connectivity index (χ0n) is 15.3. The van der Waals surface area contributed by atoms with Gasteiger partial charge in [-0.25, -0.2) is 12.8 Å². The molecule has 0 aliphatic carbocycles. The van der Waals surface area contributed by atoms with Crippen LogP contribution < -0.4 is 5.32 Å². The van der Waals surface area contributed by atoms with Crippen LogP contribution in [0.3, 0.4) is 0 Å². The first-order valence-electron chi connectivity index (χ1n) is 8.83. The van der Waals surface area contributed by atoms with Gasteiger partial charge >= 0.3 is 0 Å². The minimum atomic E-state index is -3.62. The number of carbonyl (C=O) groups is 1. The number of hydrogen-bond acceptors (Lipinski definition) is 4. The molecule has 2 aromatic rings. The van der Waals surface area contributed by atoms with Crippen molar-refractivity contribution in [2.24, 2.45) is 5.92 Å². The highest BCUT2D eigenvalue weighted by molar-refractivity contribution is 7.89. The highest BCUT2D eigenvalue weighted by Gasteiger charge is 2.34. The molecule has 1 aromatic heterocycles. The van der Waals surface area contributed by atoms with Gasteiger partial charge in [0.15, 0.2) is 0 Å². The fraction of sp³-hybridized carbons (Fsp3) is 0.444. The second-order valence-electron chi connectivity index (χ2n) is 6.79. The number of aromatic nitrogens is 2. The highest BCUT2D eigenvalue weighted by Crippen LogP contribution is 2.26. The Morgan fingerprint density at radius 3 is 2.44 bits per heavy atom. The Morgan fingerprint density at radius 2 is 1.89 bits per heavy atom. The maximum absolute atomic E-state index is 12.9. The first kappa shape index (κ1) is 19.5. The van der Waals surface area contributed by atoms with Crippen LogP contribution in [0.2, 0.25) is 0 Å². The van der Waals surface area contributed by atoms with E-state index < -0.39 is 10.0 Å². The summed E-state index contributed by atoms with van der Waals surface area (Å²) >= 11 is 0. The number of aryl methyl sites for hydroxylation is 2. The molecule has 0 unspecified atom stereocenters. The summed E-state index contributed by atoms with van der Waals surface area (Å²) in [5, 5.41) is 9.51. The van der Waals surface area contributed by atoms with Gasteiger partial charge in [0.05, 0.1) is 11.4 Å². The van der Waals surface area contributed by atoms with Crippen molar-refractivity contribution in [3.8, 4) is 0 Å². The summed E-state index contributed by atoms with van der Waals surface area (Å²) < 4.78 is 40.0. The van der Waals surface area contributed by atoms with Crippen LogP contribution in [-0.4, -0.2) is 41.9 Å². The van der Waals surface area contributed by atoms with E-state index in [1.165, 1.54) is 16.4 Å². The average molecular weight is 394 g/mol. The molecular weight excluding hydrogens is 371 g/mol. The topological polar surface area (TPSA) is 95.2 Å². The molecule has 1 saturated heterocycles. The van der Waals surface area contributed by atoms with E-state index in [9.17, 15) is 17.6 Å². The van der Waals surface area contributed by atoms with Crippen molar-refractivity contribution in [1.82, 2.24) is 19.8 Å². The van der Waals surface area contributed by atoms with Crippen molar-refractivity contribution in [2.45, 2.75) is 38.1 Å². The maximum Gasteiger partial charge on any atom is 0.246 e. The van der Waals surface area contributed by atoms with Gasteiger partial charge in [-0.3, -0.25) is 9.89 Å². The minimum absolute atomic E-state index is 0.105. The number of H-pyrrole nitrogens is 1. The maximum atomic E-state index is 12.9. The standard InChI is InChI=1S/C18H23FN4O3S/c1-12-17(13(2)22-21-12)27(25,26)23-9-7-15(8-10-23)18(24)20-11-14-3-5-16(19)6-4-14/h3-6,15H,7-11H2,1-2H3,(H,20,24)(H,21,22). The number of nitrogens with zero attached hydrogens (tertiary/aromatic N) is 2. The van der Waals surface area contributed by atoms with Crippen LogP contribution in [0, 0.1) is 25.6 Å². The lowest BCUT2D eigenvalue weighted by Gasteiger charge is -2.30. The van der Waals surface area contributed by atoms with E-state index in [1.54, 1.807) is 26.0 Å². The van der Waals surface area contributed by atoms with Crippen molar-refractivity contribution >= 4 is 15.9 Å². The number of carbonyl (C=O) groups excluding carboxylic acids is 1. The summed E-state index contributed by atoms with van der Waals surface area (Å²) in [6, 6.07) is 5.95. The first-order chi connectivity index (χ1) is 12.8. The zero-order chi connectivity index (χ0) is 19.6. The second kappa shape index (κ2) is 7.77. The number of piperidine rings is 1. The molecule has 2 heterocycles. The third-order valence-corrected chi connectivity index (χ3v) is 7.03. The molecule has 0 bridgehead atoms. The van der Waals surface area contributed by atoms with Gasteiger partial charge in [-0.05, 0) is 44.4 Å². The number of sulfonamides is 1. The lowest BCUT2D eigenvalue weighted by Crippen LogP contribution is -2.43. The van der Waals surface area contributed by atoms with Gasteiger partial charge in [0.1, 0.15) is 10.7 Å². The number of nitrogens with one attached hydrogen (secondary N) is 2. The van der Waals surface area contributed by atoms with Crippen molar-refractivity contribution in [2.75, 3.05) is 13.1 Å². The first-order valence-corrected chi connectivity index (χ1v) is 10.3. The molecule has 9 heteroatoms. The molecule has 1 fully saturated rings. The van der Waals surface area contributed by atoms with Crippen LogP contribution in [-0.2, 0) is 21.4 Å². The molecule has 27 heavy (non-hydrogen) atoms. The molecule has 1 aliphatic rings. The van der Waals surface area contributed by atoms with E-state index in [2.05, 4.69) is 15.5 Å². The Bertz CT molecular complexity index is 897. The third-order valence-electron chi connectivity index (χ3n) is 4.86. The fourth-order valence-electron chi connectivity index (χ4n) is 3.34. The second-order valence-corrected chi connectivity index (χ2v) is 8.66. The number of benzene rings is 1. The molecule has 1 aromatic carbocycles. The van der Waals surface area contributed by atoms with Crippen molar-refractivity contribution < 1.29 is 17.6 Å². The molecule has 7 nitrogen and oxygen atoms in total. The monoisotopic (exact) mass is 394 g/mol. The van der Waals surface area contributed by atoms with Crippen LogP contribution in [0.4, 0.5) is 4.39 Å². The number of amides is 1. The molecule has 2 N–H and O–H groups in total. The molecule has 0 saturated carbocycles. The minimum Gasteiger partial charge on any atom is -0.352 e. The number of hydrogen-bond donors (Lipinski definition) is 2. The molecule has 0 spiro atoms. The van der Waals surface area contributed by atoms with E-state index in [4.69, 9.17) is 0 Å². The normalized spacial score (nSPS) is 16.4. The fourth-order valence-corrected chi connectivity index (χ4v) is 5.15. The van der Waals surface area contributed by atoms with Crippen molar-refractivity contribution in [3.63, 3.8) is 0 Å².